The first-order valence-electron chi connectivity index (χ1n) is 7.81. The topological polar surface area (TPSA) is 71.5 Å². The van der Waals surface area contributed by atoms with Crippen LogP contribution in [0.15, 0.2) is 18.2 Å². The van der Waals surface area contributed by atoms with Crippen molar-refractivity contribution in [3.63, 3.8) is 0 Å². The third-order valence-corrected chi connectivity index (χ3v) is 6.46. The van der Waals surface area contributed by atoms with Gasteiger partial charge in [-0.1, -0.05) is 29.2 Å². The summed E-state index contributed by atoms with van der Waals surface area (Å²) in [6, 6.07) is 5.57. The third kappa shape index (κ3) is 2.73. The van der Waals surface area contributed by atoms with E-state index in [9.17, 15) is 9.59 Å². The summed E-state index contributed by atoms with van der Waals surface area (Å²) in [7, 11) is 1.64. The summed E-state index contributed by atoms with van der Waals surface area (Å²) in [4.78, 5) is 30.6. The molecule has 126 valence electrons. The number of fused-ring (bicyclic) bond motifs is 1. The van der Waals surface area contributed by atoms with Gasteiger partial charge in [-0.2, -0.15) is 0 Å². The molecule has 1 aromatic carbocycles. The Labute approximate surface area is 147 Å². The van der Waals surface area contributed by atoms with E-state index in [1.54, 1.807) is 18.4 Å². The maximum Gasteiger partial charge on any atom is 0.227 e. The number of amides is 1. The number of hydrogen-bond donors (Lipinski definition) is 1. The Morgan fingerprint density at radius 1 is 1.42 bits per heavy atom. The summed E-state index contributed by atoms with van der Waals surface area (Å²) in [5.74, 6) is 1.47. The number of thiazole rings is 1. The quantitative estimate of drug-likeness (QED) is 0.894. The van der Waals surface area contributed by atoms with Crippen LogP contribution in [0, 0.1) is 5.92 Å². The Morgan fingerprint density at radius 2 is 2.25 bits per heavy atom. The largest absolute Gasteiger partial charge is 0.494 e. The predicted molar refractivity (Wildman–Crippen MR) is 95.9 cm³/mol. The molecule has 2 fully saturated rings. The van der Waals surface area contributed by atoms with Crippen molar-refractivity contribution < 1.29 is 14.3 Å². The van der Waals surface area contributed by atoms with E-state index in [2.05, 4.69) is 15.2 Å². The summed E-state index contributed by atoms with van der Waals surface area (Å²) in [5.41, 5.74) is 0.862. The molecule has 2 aliphatic heterocycles. The van der Waals surface area contributed by atoms with Gasteiger partial charge in [0.25, 0.3) is 0 Å². The molecule has 2 aliphatic rings. The third-order valence-electron chi connectivity index (χ3n) is 4.37. The maximum atomic E-state index is 12.2. The minimum atomic E-state index is -0.303. The van der Waals surface area contributed by atoms with Crippen molar-refractivity contribution in [2.75, 3.05) is 30.9 Å². The number of carbonyl (C=O) groups is 2. The molecule has 3 heterocycles. The van der Waals surface area contributed by atoms with E-state index in [1.807, 2.05) is 18.2 Å². The van der Waals surface area contributed by atoms with Crippen LogP contribution in [0.2, 0.25) is 0 Å². The second-order valence-corrected chi connectivity index (χ2v) is 8.03. The molecule has 0 saturated carbocycles. The fourth-order valence-corrected chi connectivity index (χ4v) is 4.86. The molecule has 0 aliphatic carbocycles. The van der Waals surface area contributed by atoms with Crippen LogP contribution in [-0.4, -0.2) is 48.0 Å². The van der Waals surface area contributed by atoms with Crippen molar-refractivity contribution in [3.8, 4) is 5.75 Å². The van der Waals surface area contributed by atoms with Crippen molar-refractivity contribution in [3.05, 3.63) is 18.2 Å². The highest BCUT2D eigenvalue weighted by molar-refractivity contribution is 8.14. The zero-order valence-corrected chi connectivity index (χ0v) is 14.8. The van der Waals surface area contributed by atoms with E-state index in [0.717, 1.165) is 33.3 Å². The molecule has 0 radical (unpaired) electrons. The molecular weight excluding hydrogens is 346 g/mol. The van der Waals surface area contributed by atoms with Crippen LogP contribution in [0.1, 0.15) is 6.42 Å². The lowest BCUT2D eigenvalue weighted by atomic mass is 9.99. The van der Waals surface area contributed by atoms with Crippen molar-refractivity contribution in [1.82, 2.24) is 10.3 Å². The van der Waals surface area contributed by atoms with Gasteiger partial charge in [0.15, 0.2) is 5.13 Å². The van der Waals surface area contributed by atoms with Gasteiger partial charge in [-0.3, -0.25) is 9.59 Å². The molecular formula is C16H17N3O3S2. The number of nitrogens with one attached hydrogen (secondary N) is 1. The van der Waals surface area contributed by atoms with E-state index < -0.39 is 0 Å². The van der Waals surface area contributed by atoms with Crippen molar-refractivity contribution in [2.45, 2.75) is 12.5 Å². The summed E-state index contributed by atoms with van der Waals surface area (Å²) in [5, 5.41) is 3.86. The minimum absolute atomic E-state index is 0.0224. The first-order chi connectivity index (χ1) is 11.7. The molecule has 1 amide bonds. The van der Waals surface area contributed by atoms with Crippen LogP contribution < -0.4 is 15.0 Å². The molecule has 24 heavy (non-hydrogen) atoms. The first kappa shape index (κ1) is 15.7. The average molecular weight is 363 g/mol. The Kier molecular flexibility index (Phi) is 4.09. The molecule has 6 nitrogen and oxygen atoms in total. The van der Waals surface area contributed by atoms with Crippen molar-refractivity contribution in [2.24, 2.45) is 5.92 Å². The molecule has 1 atom stereocenters. The van der Waals surface area contributed by atoms with Gasteiger partial charge >= 0.3 is 0 Å². The molecule has 2 saturated heterocycles. The Hall–Kier alpha value is -1.80. The van der Waals surface area contributed by atoms with E-state index in [0.29, 0.717) is 13.1 Å². The van der Waals surface area contributed by atoms with E-state index in [1.165, 1.54) is 11.8 Å². The lowest BCUT2D eigenvalue weighted by Crippen LogP contribution is -2.55. The van der Waals surface area contributed by atoms with Gasteiger partial charge in [-0.15, -0.1) is 0 Å². The van der Waals surface area contributed by atoms with Gasteiger partial charge in [0.1, 0.15) is 11.3 Å². The van der Waals surface area contributed by atoms with Gasteiger partial charge < -0.3 is 15.0 Å². The van der Waals surface area contributed by atoms with Gasteiger partial charge in [-0.25, -0.2) is 4.98 Å². The molecule has 1 N–H and O–H groups in total. The number of rotatable bonds is 4. The van der Waals surface area contributed by atoms with E-state index >= 15 is 0 Å². The fraction of sp³-hybridized carbons (Fsp3) is 0.438. The van der Waals surface area contributed by atoms with Crippen molar-refractivity contribution in [1.29, 1.82) is 0 Å². The Balaban J connectivity index is 1.40. The number of benzene rings is 1. The molecule has 0 bridgehead atoms. The zero-order valence-electron chi connectivity index (χ0n) is 13.2. The van der Waals surface area contributed by atoms with Gasteiger partial charge in [-0.05, 0) is 18.6 Å². The fourth-order valence-electron chi connectivity index (χ4n) is 2.93. The standard InChI is InChI=1S/C16H17N3O3S2/c1-22-11-3-2-4-12-13(11)18-16(24-12)19-7-9(8-19)14(20)17-10-5-6-23-15(10)21/h2-4,9-10H,5-8H2,1H3,(H,17,20). The zero-order chi connectivity index (χ0) is 16.7. The molecule has 4 rings (SSSR count). The predicted octanol–water partition coefficient (Wildman–Crippen LogP) is 1.89. The van der Waals surface area contributed by atoms with Gasteiger partial charge in [0, 0.05) is 18.8 Å². The monoisotopic (exact) mass is 363 g/mol. The second kappa shape index (κ2) is 6.25. The number of aromatic nitrogens is 1. The lowest BCUT2D eigenvalue weighted by molar-refractivity contribution is -0.128. The SMILES string of the molecule is COc1cccc2sc(N3CC(C(=O)NC4CCSC4=O)C3)nc12. The van der Waals surface area contributed by atoms with E-state index in [4.69, 9.17) is 4.74 Å². The number of ether oxygens (including phenoxy) is 1. The minimum Gasteiger partial charge on any atom is -0.494 e. The molecule has 8 heteroatoms. The normalized spacial score (nSPS) is 21.1. The lowest BCUT2D eigenvalue weighted by Gasteiger charge is -2.38. The summed E-state index contributed by atoms with van der Waals surface area (Å²) >= 11 is 2.91. The number of nitrogens with zero attached hydrogens (tertiary/aromatic N) is 2. The van der Waals surface area contributed by atoms with Gasteiger partial charge in [0.05, 0.1) is 23.8 Å². The summed E-state index contributed by atoms with van der Waals surface area (Å²) < 4.78 is 6.42. The average Bonchev–Trinajstić information content (AvgIpc) is 3.12. The second-order valence-electron chi connectivity index (χ2n) is 5.92. The van der Waals surface area contributed by atoms with Crippen LogP contribution in [0.3, 0.4) is 0 Å². The van der Waals surface area contributed by atoms with Crippen LogP contribution in [0.4, 0.5) is 5.13 Å². The van der Waals surface area contributed by atoms with Crippen LogP contribution in [-0.2, 0) is 9.59 Å². The number of anilines is 1. The van der Waals surface area contributed by atoms with Crippen LogP contribution in [0.25, 0.3) is 10.2 Å². The number of thioether (sulfide) groups is 1. The highest BCUT2D eigenvalue weighted by atomic mass is 32.2. The molecule has 2 aromatic rings. The molecule has 1 aromatic heterocycles. The van der Waals surface area contributed by atoms with E-state index in [-0.39, 0.29) is 23.0 Å². The Morgan fingerprint density at radius 3 is 2.96 bits per heavy atom. The Bertz CT molecular complexity index is 801. The number of hydrogen-bond acceptors (Lipinski definition) is 7. The first-order valence-corrected chi connectivity index (χ1v) is 9.61. The van der Waals surface area contributed by atoms with Crippen LogP contribution >= 0.6 is 23.1 Å². The van der Waals surface area contributed by atoms with Crippen molar-refractivity contribution >= 4 is 49.5 Å². The summed E-state index contributed by atoms with van der Waals surface area (Å²) in [6.07, 6.45) is 0.739. The smallest absolute Gasteiger partial charge is 0.227 e. The highest BCUT2D eigenvalue weighted by Crippen LogP contribution is 2.36. The molecule has 0 spiro atoms. The summed E-state index contributed by atoms with van der Waals surface area (Å²) in [6.45, 7) is 1.28. The maximum absolute atomic E-state index is 12.2. The van der Waals surface area contributed by atoms with Crippen LogP contribution in [0.5, 0.6) is 5.75 Å². The molecule has 1 unspecified atom stereocenters. The number of para-hydroxylation sites is 1. The number of carbonyl (C=O) groups excluding carboxylic acids is 2. The van der Waals surface area contributed by atoms with Gasteiger partial charge in [0.2, 0.25) is 11.0 Å². The highest BCUT2D eigenvalue weighted by Gasteiger charge is 2.37. The number of methoxy groups -OCH3 is 1.